The lowest BCUT2D eigenvalue weighted by atomic mass is 9.87. The Morgan fingerprint density at radius 3 is 2.50 bits per heavy atom. The van der Waals surface area contributed by atoms with Crippen molar-refractivity contribution in [1.82, 2.24) is 5.32 Å². The molecular formula is C9H19N. The summed E-state index contributed by atoms with van der Waals surface area (Å²) in [6.45, 7) is 6.88. The van der Waals surface area contributed by atoms with E-state index in [-0.39, 0.29) is 0 Å². The standard InChI is InChI=1S/C9H19N/c1-4-9-6-5-7(2)10-8(9)3/h7-10H,4-6H2,1-3H3. The Hall–Kier alpha value is -0.0400. The van der Waals surface area contributed by atoms with Gasteiger partial charge in [0.1, 0.15) is 0 Å². The lowest BCUT2D eigenvalue weighted by molar-refractivity contribution is 0.247. The predicted molar refractivity (Wildman–Crippen MR) is 45.1 cm³/mol. The summed E-state index contributed by atoms with van der Waals surface area (Å²) in [6, 6.07) is 1.49. The van der Waals surface area contributed by atoms with Crippen molar-refractivity contribution in [2.45, 2.75) is 52.1 Å². The van der Waals surface area contributed by atoms with Gasteiger partial charge in [-0.05, 0) is 32.6 Å². The lowest BCUT2D eigenvalue weighted by Gasteiger charge is -2.33. The molecule has 0 radical (unpaired) electrons. The van der Waals surface area contributed by atoms with Crippen molar-refractivity contribution >= 4 is 0 Å². The van der Waals surface area contributed by atoms with Crippen LogP contribution in [0.2, 0.25) is 0 Å². The minimum absolute atomic E-state index is 0.744. The van der Waals surface area contributed by atoms with Crippen LogP contribution in [0.4, 0.5) is 0 Å². The summed E-state index contributed by atoms with van der Waals surface area (Å²) in [5.74, 6) is 0.927. The minimum atomic E-state index is 0.744. The lowest BCUT2D eigenvalue weighted by Crippen LogP contribution is -2.44. The Balaban J connectivity index is 2.36. The molecule has 3 unspecified atom stereocenters. The Kier molecular flexibility index (Phi) is 2.72. The van der Waals surface area contributed by atoms with E-state index in [1.54, 1.807) is 0 Å². The van der Waals surface area contributed by atoms with E-state index in [2.05, 4.69) is 26.1 Å². The quantitative estimate of drug-likeness (QED) is 0.590. The molecule has 10 heavy (non-hydrogen) atoms. The molecule has 1 rings (SSSR count). The van der Waals surface area contributed by atoms with Crippen LogP contribution in [-0.2, 0) is 0 Å². The summed E-state index contributed by atoms with van der Waals surface area (Å²) in [5, 5.41) is 3.58. The van der Waals surface area contributed by atoms with Crippen molar-refractivity contribution in [2.24, 2.45) is 5.92 Å². The van der Waals surface area contributed by atoms with Crippen LogP contribution in [0.25, 0.3) is 0 Å². The van der Waals surface area contributed by atoms with Crippen molar-refractivity contribution in [3.8, 4) is 0 Å². The highest BCUT2D eigenvalue weighted by atomic mass is 15.0. The highest BCUT2D eigenvalue weighted by Crippen LogP contribution is 2.21. The Morgan fingerprint density at radius 2 is 2.00 bits per heavy atom. The number of hydrogen-bond acceptors (Lipinski definition) is 1. The highest BCUT2D eigenvalue weighted by molar-refractivity contribution is 4.80. The Morgan fingerprint density at radius 1 is 1.30 bits per heavy atom. The molecule has 0 aliphatic carbocycles. The molecule has 60 valence electrons. The van der Waals surface area contributed by atoms with Gasteiger partial charge < -0.3 is 5.32 Å². The zero-order chi connectivity index (χ0) is 7.56. The molecule has 0 aromatic rings. The Labute approximate surface area is 64.2 Å². The summed E-state index contributed by atoms with van der Waals surface area (Å²) in [4.78, 5) is 0. The van der Waals surface area contributed by atoms with Gasteiger partial charge in [-0.15, -0.1) is 0 Å². The Bertz CT molecular complexity index is 101. The molecule has 0 spiro atoms. The SMILES string of the molecule is CCC1CCC(C)NC1C. The normalized spacial score (nSPS) is 41.7. The molecular weight excluding hydrogens is 122 g/mol. The maximum Gasteiger partial charge on any atom is 0.00693 e. The van der Waals surface area contributed by atoms with Gasteiger partial charge in [0, 0.05) is 12.1 Å². The van der Waals surface area contributed by atoms with Gasteiger partial charge in [0.25, 0.3) is 0 Å². The van der Waals surface area contributed by atoms with E-state index in [1.165, 1.54) is 19.3 Å². The molecule has 0 bridgehead atoms. The molecule has 1 heterocycles. The van der Waals surface area contributed by atoms with E-state index in [0.29, 0.717) is 0 Å². The second kappa shape index (κ2) is 3.38. The van der Waals surface area contributed by atoms with Crippen LogP contribution >= 0.6 is 0 Å². The van der Waals surface area contributed by atoms with Gasteiger partial charge >= 0.3 is 0 Å². The zero-order valence-corrected chi connectivity index (χ0v) is 7.35. The molecule has 1 N–H and O–H groups in total. The largest absolute Gasteiger partial charge is 0.312 e. The second-order valence-corrected chi connectivity index (χ2v) is 3.60. The van der Waals surface area contributed by atoms with Gasteiger partial charge in [0.05, 0.1) is 0 Å². The first-order valence-corrected chi connectivity index (χ1v) is 4.50. The fourth-order valence-electron chi connectivity index (χ4n) is 1.94. The molecule has 1 heteroatoms. The summed E-state index contributed by atoms with van der Waals surface area (Å²) >= 11 is 0. The summed E-state index contributed by atoms with van der Waals surface area (Å²) in [6.07, 6.45) is 4.12. The fraction of sp³-hybridized carbons (Fsp3) is 1.00. The average molecular weight is 141 g/mol. The van der Waals surface area contributed by atoms with E-state index >= 15 is 0 Å². The first kappa shape index (κ1) is 8.06. The minimum Gasteiger partial charge on any atom is -0.312 e. The van der Waals surface area contributed by atoms with Crippen LogP contribution in [0.3, 0.4) is 0 Å². The second-order valence-electron chi connectivity index (χ2n) is 3.60. The summed E-state index contributed by atoms with van der Waals surface area (Å²) in [5.41, 5.74) is 0. The molecule has 0 amide bonds. The van der Waals surface area contributed by atoms with E-state index in [4.69, 9.17) is 0 Å². The maximum atomic E-state index is 3.58. The van der Waals surface area contributed by atoms with Gasteiger partial charge in [-0.3, -0.25) is 0 Å². The smallest absolute Gasteiger partial charge is 0.00693 e. The molecule has 3 atom stereocenters. The predicted octanol–water partition coefficient (Wildman–Crippen LogP) is 2.17. The molecule has 1 aliphatic rings. The zero-order valence-electron chi connectivity index (χ0n) is 7.35. The van der Waals surface area contributed by atoms with E-state index in [0.717, 1.165) is 18.0 Å². The van der Waals surface area contributed by atoms with Crippen molar-refractivity contribution in [3.63, 3.8) is 0 Å². The van der Waals surface area contributed by atoms with Gasteiger partial charge in [-0.2, -0.15) is 0 Å². The van der Waals surface area contributed by atoms with Crippen molar-refractivity contribution < 1.29 is 0 Å². The van der Waals surface area contributed by atoms with E-state index in [1.807, 2.05) is 0 Å². The first-order valence-electron chi connectivity index (χ1n) is 4.50. The van der Waals surface area contributed by atoms with Crippen LogP contribution in [0.15, 0.2) is 0 Å². The van der Waals surface area contributed by atoms with Crippen molar-refractivity contribution in [1.29, 1.82) is 0 Å². The molecule has 0 saturated carbocycles. The number of hydrogen-bond donors (Lipinski definition) is 1. The first-order chi connectivity index (χ1) is 4.74. The number of piperidine rings is 1. The van der Waals surface area contributed by atoms with Crippen LogP contribution in [0, 0.1) is 5.92 Å². The third kappa shape index (κ3) is 1.72. The summed E-state index contributed by atoms with van der Waals surface area (Å²) < 4.78 is 0. The number of rotatable bonds is 1. The maximum absolute atomic E-state index is 3.58. The van der Waals surface area contributed by atoms with Gasteiger partial charge in [0.15, 0.2) is 0 Å². The van der Waals surface area contributed by atoms with Crippen LogP contribution in [-0.4, -0.2) is 12.1 Å². The molecule has 0 aromatic carbocycles. The molecule has 1 nitrogen and oxygen atoms in total. The summed E-state index contributed by atoms with van der Waals surface area (Å²) in [7, 11) is 0. The third-order valence-corrected chi connectivity index (χ3v) is 2.75. The van der Waals surface area contributed by atoms with Crippen LogP contribution in [0.5, 0.6) is 0 Å². The van der Waals surface area contributed by atoms with Crippen molar-refractivity contribution in [2.75, 3.05) is 0 Å². The topological polar surface area (TPSA) is 12.0 Å². The third-order valence-electron chi connectivity index (χ3n) is 2.75. The fourth-order valence-corrected chi connectivity index (χ4v) is 1.94. The highest BCUT2D eigenvalue weighted by Gasteiger charge is 2.22. The molecule has 0 aromatic heterocycles. The molecule has 1 saturated heterocycles. The average Bonchev–Trinajstić information content (AvgIpc) is 1.88. The van der Waals surface area contributed by atoms with Crippen LogP contribution in [0.1, 0.15) is 40.0 Å². The van der Waals surface area contributed by atoms with Gasteiger partial charge in [0.2, 0.25) is 0 Å². The monoisotopic (exact) mass is 141 g/mol. The number of nitrogens with one attached hydrogen (secondary N) is 1. The molecule has 1 fully saturated rings. The van der Waals surface area contributed by atoms with Crippen LogP contribution < -0.4 is 5.32 Å². The van der Waals surface area contributed by atoms with Gasteiger partial charge in [-0.1, -0.05) is 13.3 Å². The molecule has 1 aliphatic heterocycles. The van der Waals surface area contributed by atoms with E-state index in [9.17, 15) is 0 Å². The van der Waals surface area contributed by atoms with E-state index < -0.39 is 0 Å². The van der Waals surface area contributed by atoms with Crippen molar-refractivity contribution in [3.05, 3.63) is 0 Å². The van der Waals surface area contributed by atoms with Gasteiger partial charge in [-0.25, -0.2) is 0 Å².